The Morgan fingerprint density at radius 2 is 1.77 bits per heavy atom. The number of hydrogen-bond acceptors (Lipinski definition) is 6. The van der Waals surface area contributed by atoms with Gasteiger partial charge < -0.3 is 11.5 Å². The fourth-order valence-corrected chi connectivity index (χ4v) is 2.73. The van der Waals surface area contributed by atoms with Crippen LogP contribution < -0.4 is 11.5 Å². The molecule has 1 aliphatic rings. The zero-order valence-electron chi connectivity index (χ0n) is 14.4. The smallest absolute Gasteiger partial charge is 0.226 e. The van der Waals surface area contributed by atoms with Crippen molar-refractivity contribution in [1.29, 1.82) is 0 Å². The normalized spacial score (nSPS) is 16.2. The van der Waals surface area contributed by atoms with E-state index in [-0.39, 0.29) is 29.7 Å². The lowest BCUT2D eigenvalue weighted by atomic mass is 10.0. The monoisotopic (exact) mass is 359 g/mol. The quantitative estimate of drug-likeness (QED) is 0.878. The number of guanidine groups is 2. The van der Waals surface area contributed by atoms with Gasteiger partial charge in [0.2, 0.25) is 11.9 Å². The molecule has 0 radical (unpaired) electrons. The van der Waals surface area contributed by atoms with Crippen LogP contribution in [0.15, 0.2) is 52.4 Å². The summed E-state index contributed by atoms with van der Waals surface area (Å²) in [5.74, 6) is -1.29. The highest BCUT2D eigenvalue weighted by Crippen LogP contribution is 2.29. The van der Waals surface area contributed by atoms with Crippen molar-refractivity contribution < 1.29 is 13.6 Å². The average molecular weight is 359 g/mol. The average Bonchev–Trinajstić information content (AvgIpc) is 2.56. The van der Waals surface area contributed by atoms with Gasteiger partial charge in [-0.1, -0.05) is 36.4 Å². The summed E-state index contributed by atoms with van der Waals surface area (Å²) >= 11 is 0. The van der Waals surface area contributed by atoms with Crippen LogP contribution in [0.1, 0.15) is 19.4 Å². The fraction of sp³-hybridized carbons (Fsp3) is 0.222. The molecule has 8 heteroatoms. The van der Waals surface area contributed by atoms with E-state index in [1.165, 1.54) is 17.2 Å². The van der Waals surface area contributed by atoms with E-state index in [4.69, 9.17) is 16.3 Å². The summed E-state index contributed by atoms with van der Waals surface area (Å²) in [6.45, 7) is 3.26. The Bertz CT molecular complexity index is 881. The lowest BCUT2D eigenvalue weighted by Gasteiger charge is -2.36. The van der Waals surface area contributed by atoms with Gasteiger partial charge in [0.05, 0.1) is 5.56 Å². The van der Waals surface area contributed by atoms with E-state index in [0.717, 1.165) is 0 Å². The first kappa shape index (κ1) is 17.8. The van der Waals surface area contributed by atoms with Crippen molar-refractivity contribution in [2.75, 3.05) is 0 Å². The molecular weight excluding hydrogens is 340 g/mol. The minimum atomic E-state index is -0.908. The first-order valence-corrected chi connectivity index (χ1v) is 7.94. The van der Waals surface area contributed by atoms with E-state index in [2.05, 4.69) is 9.98 Å². The van der Waals surface area contributed by atoms with E-state index >= 15 is 0 Å². The predicted molar refractivity (Wildman–Crippen MR) is 95.7 cm³/mol. The summed E-state index contributed by atoms with van der Waals surface area (Å²) in [4.78, 5) is 13.6. The van der Waals surface area contributed by atoms with Gasteiger partial charge in [-0.15, -0.1) is 0 Å². The van der Waals surface area contributed by atoms with Gasteiger partial charge in [-0.3, -0.25) is 4.84 Å². The van der Waals surface area contributed by atoms with E-state index in [1.807, 2.05) is 0 Å². The van der Waals surface area contributed by atoms with Gasteiger partial charge >= 0.3 is 0 Å². The van der Waals surface area contributed by atoms with Crippen molar-refractivity contribution in [2.45, 2.75) is 26.1 Å². The molecular formula is C18H19F2N5O. The number of hydroxylamine groups is 2. The molecule has 0 saturated heterocycles. The van der Waals surface area contributed by atoms with Gasteiger partial charge in [0.1, 0.15) is 18.2 Å². The molecule has 1 heterocycles. The van der Waals surface area contributed by atoms with Crippen molar-refractivity contribution in [3.63, 3.8) is 0 Å². The van der Waals surface area contributed by atoms with Crippen molar-refractivity contribution in [3.8, 4) is 11.1 Å². The van der Waals surface area contributed by atoms with Crippen LogP contribution in [0.5, 0.6) is 0 Å². The summed E-state index contributed by atoms with van der Waals surface area (Å²) in [6.07, 6.45) is 0. The maximum absolute atomic E-state index is 14.9. The molecule has 4 N–H and O–H groups in total. The van der Waals surface area contributed by atoms with Crippen LogP contribution >= 0.6 is 0 Å². The summed E-state index contributed by atoms with van der Waals surface area (Å²) < 4.78 is 29.1. The highest BCUT2D eigenvalue weighted by atomic mass is 19.1. The Labute approximate surface area is 149 Å². The Morgan fingerprint density at radius 3 is 2.42 bits per heavy atom. The highest BCUT2D eigenvalue weighted by Gasteiger charge is 2.33. The van der Waals surface area contributed by atoms with Crippen molar-refractivity contribution >= 4 is 11.9 Å². The van der Waals surface area contributed by atoms with Crippen molar-refractivity contribution in [3.05, 3.63) is 59.7 Å². The molecule has 0 spiro atoms. The fourth-order valence-electron chi connectivity index (χ4n) is 2.73. The molecule has 6 nitrogen and oxygen atoms in total. The Kier molecular flexibility index (Phi) is 4.60. The minimum absolute atomic E-state index is 0.00769. The van der Waals surface area contributed by atoms with E-state index in [0.29, 0.717) is 5.56 Å². The summed E-state index contributed by atoms with van der Waals surface area (Å²) in [5.41, 5.74) is 11.0. The SMILES string of the molecule is CC1(C)N=C(N)N=C(N)N1OCc1ccc(F)c(-c2ccccc2)c1F. The molecule has 0 unspecified atom stereocenters. The lowest BCUT2D eigenvalue weighted by Crippen LogP contribution is -2.53. The molecule has 0 aromatic heterocycles. The summed E-state index contributed by atoms with van der Waals surface area (Å²) in [6, 6.07) is 11.0. The molecule has 3 rings (SSSR count). The highest BCUT2D eigenvalue weighted by molar-refractivity contribution is 5.95. The minimum Gasteiger partial charge on any atom is -0.368 e. The van der Waals surface area contributed by atoms with E-state index < -0.39 is 17.3 Å². The van der Waals surface area contributed by atoms with Crippen LogP contribution in [0.2, 0.25) is 0 Å². The standard InChI is InChI=1S/C18H19F2N5O/c1-18(2)24-16(21)23-17(22)25(18)26-10-12-8-9-13(19)14(15(12)20)11-6-4-3-5-7-11/h3-9H,10H2,1-2H3,(H4,21,22,23,24). The zero-order valence-corrected chi connectivity index (χ0v) is 14.4. The van der Waals surface area contributed by atoms with Gasteiger partial charge in [0.25, 0.3) is 0 Å². The third kappa shape index (κ3) is 3.36. The molecule has 136 valence electrons. The lowest BCUT2D eigenvalue weighted by molar-refractivity contribution is -0.167. The van der Waals surface area contributed by atoms with Crippen LogP contribution in [0.25, 0.3) is 11.1 Å². The Balaban J connectivity index is 1.87. The molecule has 0 saturated carbocycles. The number of aliphatic imine (C=N–C) groups is 2. The molecule has 0 aliphatic carbocycles. The van der Waals surface area contributed by atoms with Gasteiger partial charge in [-0.25, -0.2) is 13.8 Å². The number of halogens is 2. The first-order chi connectivity index (χ1) is 12.3. The first-order valence-electron chi connectivity index (χ1n) is 7.94. The largest absolute Gasteiger partial charge is 0.368 e. The predicted octanol–water partition coefficient (Wildman–Crippen LogP) is 2.74. The molecule has 0 bridgehead atoms. The van der Waals surface area contributed by atoms with E-state index in [9.17, 15) is 8.78 Å². The maximum Gasteiger partial charge on any atom is 0.226 e. The summed E-state index contributed by atoms with van der Waals surface area (Å²) in [7, 11) is 0. The molecule has 26 heavy (non-hydrogen) atoms. The number of benzene rings is 2. The third-order valence-corrected chi connectivity index (χ3v) is 3.91. The maximum atomic E-state index is 14.9. The van der Waals surface area contributed by atoms with Crippen LogP contribution in [0.3, 0.4) is 0 Å². The summed E-state index contributed by atoms with van der Waals surface area (Å²) in [5, 5.41) is 1.24. The molecule has 2 aromatic rings. The Morgan fingerprint density at radius 1 is 1.08 bits per heavy atom. The van der Waals surface area contributed by atoms with E-state index in [1.54, 1.807) is 44.2 Å². The van der Waals surface area contributed by atoms with Gasteiger partial charge in [0.15, 0.2) is 5.66 Å². The van der Waals surface area contributed by atoms with Gasteiger partial charge in [-0.2, -0.15) is 10.1 Å². The Hall–Kier alpha value is -3.00. The van der Waals surface area contributed by atoms with Crippen molar-refractivity contribution in [2.24, 2.45) is 21.5 Å². The second-order valence-electron chi connectivity index (χ2n) is 6.26. The number of nitrogens with zero attached hydrogens (tertiary/aromatic N) is 3. The molecule has 0 atom stereocenters. The van der Waals surface area contributed by atoms with Gasteiger partial charge in [0, 0.05) is 5.56 Å². The second kappa shape index (κ2) is 6.72. The zero-order chi connectivity index (χ0) is 18.9. The molecule has 0 amide bonds. The third-order valence-electron chi connectivity index (χ3n) is 3.91. The number of hydrogen-bond donors (Lipinski definition) is 2. The van der Waals surface area contributed by atoms with Crippen molar-refractivity contribution in [1.82, 2.24) is 5.06 Å². The molecule has 2 aromatic carbocycles. The van der Waals surface area contributed by atoms with Crippen LogP contribution in [0, 0.1) is 11.6 Å². The van der Waals surface area contributed by atoms with Crippen LogP contribution in [-0.4, -0.2) is 22.6 Å². The number of nitrogens with two attached hydrogens (primary N) is 2. The molecule has 0 fully saturated rings. The van der Waals surface area contributed by atoms with Crippen LogP contribution in [0.4, 0.5) is 8.78 Å². The molecule has 1 aliphatic heterocycles. The van der Waals surface area contributed by atoms with Crippen LogP contribution in [-0.2, 0) is 11.4 Å². The topological polar surface area (TPSA) is 89.2 Å². The van der Waals surface area contributed by atoms with Gasteiger partial charge in [-0.05, 0) is 25.5 Å². The second-order valence-corrected chi connectivity index (χ2v) is 6.26. The number of rotatable bonds is 4.